The zero-order chi connectivity index (χ0) is 24.0. The SMILES string of the molecule is CN1CCc2nc(C(=O)NC3CCS(=O)(=O)CC3NC(=O)c3cc4cc(Cl)ccc4[nH]3)sc2C1. The lowest BCUT2D eigenvalue weighted by Crippen LogP contribution is -2.58. The van der Waals surface area contributed by atoms with E-state index in [1.165, 1.54) is 11.3 Å². The minimum absolute atomic E-state index is 0.0473. The topological polar surface area (TPSA) is 124 Å². The number of rotatable bonds is 4. The van der Waals surface area contributed by atoms with E-state index in [9.17, 15) is 18.0 Å². The van der Waals surface area contributed by atoms with Crippen LogP contribution in [0.2, 0.25) is 5.02 Å². The molecule has 34 heavy (non-hydrogen) atoms. The molecule has 0 aliphatic carbocycles. The highest BCUT2D eigenvalue weighted by Gasteiger charge is 2.36. The van der Waals surface area contributed by atoms with Crippen LogP contribution in [-0.4, -0.2) is 72.3 Å². The first-order valence-corrected chi connectivity index (χ1v) is 14.0. The summed E-state index contributed by atoms with van der Waals surface area (Å²) in [6, 6.07) is 5.61. The number of nitrogens with one attached hydrogen (secondary N) is 3. The van der Waals surface area contributed by atoms with Crippen molar-refractivity contribution in [2.45, 2.75) is 31.5 Å². The monoisotopic (exact) mass is 521 g/mol. The number of carbonyl (C=O) groups is 2. The summed E-state index contributed by atoms with van der Waals surface area (Å²) in [4.78, 5) is 36.7. The molecule has 2 aliphatic heterocycles. The number of hydrogen-bond acceptors (Lipinski definition) is 7. The molecule has 180 valence electrons. The Morgan fingerprint density at radius 2 is 2.00 bits per heavy atom. The number of sulfone groups is 1. The van der Waals surface area contributed by atoms with Crippen LogP contribution in [0, 0.1) is 0 Å². The van der Waals surface area contributed by atoms with E-state index in [4.69, 9.17) is 11.6 Å². The van der Waals surface area contributed by atoms with E-state index in [2.05, 4.69) is 25.5 Å². The molecule has 0 bridgehead atoms. The van der Waals surface area contributed by atoms with Crippen LogP contribution in [0.4, 0.5) is 0 Å². The second-order valence-corrected chi connectivity index (χ2v) is 12.6. The molecule has 0 radical (unpaired) electrons. The molecule has 5 rings (SSSR count). The number of carbonyl (C=O) groups excluding carboxylic acids is 2. The fourth-order valence-corrected chi connectivity index (χ4v) is 7.33. The van der Waals surface area contributed by atoms with E-state index in [0.717, 1.165) is 41.0 Å². The number of likely N-dealkylation sites (N-methyl/N-ethyl adjacent to an activating group) is 1. The molecule has 2 aromatic heterocycles. The lowest BCUT2D eigenvalue weighted by Gasteiger charge is -2.32. The zero-order valence-electron chi connectivity index (χ0n) is 18.4. The fraction of sp³-hybridized carbons (Fsp3) is 0.409. The van der Waals surface area contributed by atoms with Crippen LogP contribution < -0.4 is 10.6 Å². The first kappa shape index (κ1) is 23.3. The summed E-state index contributed by atoms with van der Waals surface area (Å²) in [6.45, 7) is 1.66. The first-order chi connectivity index (χ1) is 16.2. The van der Waals surface area contributed by atoms with Crippen molar-refractivity contribution in [3.63, 3.8) is 0 Å². The number of thiazole rings is 1. The van der Waals surface area contributed by atoms with Gasteiger partial charge >= 0.3 is 0 Å². The third kappa shape index (κ3) is 4.83. The van der Waals surface area contributed by atoms with Crippen LogP contribution in [0.1, 0.15) is 37.3 Å². The van der Waals surface area contributed by atoms with E-state index >= 15 is 0 Å². The van der Waals surface area contributed by atoms with Crippen LogP contribution in [0.25, 0.3) is 10.9 Å². The largest absolute Gasteiger partial charge is 0.351 e. The normalized spacial score (nSPS) is 22.3. The van der Waals surface area contributed by atoms with E-state index in [1.54, 1.807) is 24.3 Å². The number of amides is 2. The molecule has 9 nitrogen and oxygen atoms in total. The average molecular weight is 522 g/mol. The first-order valence-electron chi connectivity index (χ1n) is 10.9. The van der Waals surface area contributed by atoms with Gasteiger partial charge < -0.3 is 20.5 Å². The highest BCUT2D eigenvalue weighted by atomic mass is 35.5. The van der Waals surface area contributed by atoms with Crippen molar-refractivity contribution >= 4 is 55.5 Å². The molecule has 2 unspecified atom stereocenters. The molecular weight excluding hydrogens is 498 g/mol. The highest BCUT2D eigenvalue weighted by molar-refractivity contribution is 7.91. The number of fused-ring (bicyclic) bond motifs is 2. The number of aromatic nitrogens is 2. The van der Waals surface area contributed by atoms with E-state index in [0.29, 0.717) is 15.7 Å². The molecule has 0 saturated carbocycles. The second-order valence-electron chi connectivity index (χ2n) is 8.85. The van der Waals surface area contributed by atoms with Gasteiger partial charge in [-0.05, 0) is 37.7 Å². The summed E-state index contributed by atoms with van der Waals surface area (Å²) < 4.78 is 24.6. The average Bonchev–Trinajstić information content (AvgIpc) is 3.38. The molecule has 1 saturated heterocycles. The highest BCUT2D eigenvalue weighted by Crippen LogP contribution is 2.25. The Morgan fingerprint density at radius 3 is 2.82 bits per heavy atom. The molecule has 2 aliphatic rings. The Bertz CT molecular complexity index is 1380. The number of H-pyrrole nitrogens is 1. The summed E-state index contributed by atoms with van der Waals surface area (Å²) in [5.74, 6) is -1.07. The maximum absolute atomic E-state index is 13.0. The minimum Gasteiger partial charge on any atom is -0.351 e. The van der Waals surface area contributed by atoms with Crippen LogP contribution in [-0.2, 0) is 22.8 Å². The lowest BCUT2D eigenvalue weighted by molar-refractivity contribution is 0.0882. The van der Waals surface area contributed by atoms with Gasteiger partial charge in [-0.15, -0.1) is 11.3 Å². The predicted octanol–water partition coefficient (Wildman–Crippen LogP) is 1.98. The number of halogens is 1. The molecule has 1 fully saturated rings. The second kappa shape index (κ2) is 8.95. The van der Waals surface area contributed by atoms with Gasteiger partial charge in [-0.3, -0.25) is 9.59 Å². The number of nitrogens with zero attached hydrogens (tertiary/aromatic N) is 2. The molecule has 3 aromatic rings. The van der Waals surface area contributed by atoms with Gasteiger partial charge in [0.05, 0.1) is 29.3 Å². The van der Waals surface area contributed by atoms with E-state index in [1.807, 2.05) is 7.05 Å². The smallest absolute Gasteiger partial charge is 0.280 e. The molecular formula is C22H24ClN5O4S2. The molecule has 1 aromatic carbocycles. The van der Waals surface area contributed by atoms with Crippen molar-refractivity contribution in [3.8, 4) is 0 Å². The lowest BCUT2D eigenvalue weighted by atomic mass is 10.1. The Labute approximate surface area is 205 Å². The van der Waals surface area contributed by atoms with Crippen LogP contribution in [0.15, 0.2) is 24.3 Å². The molecule has 2 atom stereocenters. The standard InChI is InChI=1S/C22H24ClN5O4S2/c1-28-6-4-16-19(10-28)33-22(27-16)21(30)25-15-5-7-34(31,32)11-18(15)26-20(29)17-9-12-8-13(23)2-3-14(12)24-17/h2-3,8-9,15,18,24H,4-7,10-11H2,1H3,(H,25,30)(H,26,29). The van der Waals surface area contributed by atoms with Gasteiger partial charge in [-0.25, -0.2) is 13.4 Å². The Morgan fingerprint density at radius 1 is 1.21 bits per heavy atom. The molecule has 12 heteroatoms. The Hall–Kier alpha value is -2.47. The summed E-state index contributed by atoms with van der Waals surface area (Å²) in [5, 5.41) is 7.42. The van der Waals surface area contributed by atoms with Crippen molar-refractivity contribution in [2.24, 2.45) is 0 Å². The summed E-state index contributed by atoms with van der Waals surface area (Å²) in [5.41, 5.74) is 1.99. The van der Waals surface area contributed by atoms with Gasteiger partial charge in [0.25, 0.3) is 11.8 Å². The van der Waals surface area contributed by atoms with Gasteiger partial charge in [-0.2, -0.15) is 0 Å². The quantitative estimate of drug-likeness (QED) is 0.482. The van der Waals surface area contributed by atoms with Gasteiger partial charge in [0.1, 0.15) is 5.69 Å². The van der Waals surface area contributed by atoms with Gasteiger partial charge in [0, 0.05) is 40.3 Å². The third-order valence-electron chi connectivity index (χ3n) is 6.24. The van der Waals surface area contributed by atoms with Gasteiger partial charge in [0.2, 0.25) is 0 Å². The summed E-state index contributed by atoms with van der Waals surface area (Å²) >= 11 is 7.39. The number of benzene rings is 1. The minimum atomic E-state index is -3.34. The van der Waals surface area contributed by atoms with Gasteiger partial charge in [-0.1, -0.05) is 11.6 Å². The maximum Gasteiger partial charge on any atom is 0.280 e. The van der Waals surface area contributed by atoms with Crippen LogP contribution in [0.5, 0.6) is 0 Å². The van der Waals surface area contributed by atoms with Gasteiger partial charge in [0.15, 0.2) is 14.8 Å². The number of aromatic amines is 1. The zero-order valence-corrected chi connectivity index (χ0v) is 20.8. The van der Waals surface area contributed by atoms with Crippen molar-refractivity contribution < 1.29 is 18.0 Å². The van der Waals surface area contributed by atoms with E-state index in [-0.39, 0.29) is 23.8 Å². The Kier molecular flexibility index (Phi) is 6.13. The van der Waals surface area contributed by atoms with Crippen LogP contribution in [0.3, 0.4) is 0 Å². The number of hydrogen-bond donors (Lipinski definition) is 3. The fourth-order valence-electron chi connectivity index (χ4n) is 4.42. The third-order valence-corrected chi connectivity index (χ3v) is 9.28. The van der Waals surface area contributed by atoms with Crippen molar-refractivity contribution in [1.29, 1.82) is 0 Å². The molecule has 3 N–H and O–H groups in total. The molecule has 2 amide bonds. The van der Waals surface area contributed by atoms with E-state index < -0.39 is 27.8 Å². The summed E-state index contributed by atoms with van der Waals surface area (Å²) in [6.07, 6.45) is 1.01. The van der Waals surface area contributed by atoms with Crippen molar-refractivity contribution in [1.82, 2.24) is 25.5 Å². The van der Waals surface area contributed by atoms with Crippen molar-refractivity contribution in [3.05, 3.63) is 50.6 Å². The van der Waals surface area contributed by atoms with Crippen molar-refractivity contribution in [2.75, 3.05) is 25.1 Å². The molecule has 0 spiro atoms. The summed E-state index contributed by atoms with van der Waals surface area (Å²) in [7, 11) is -1.32. The maximum atomic E-state index is 13.0. The van der Waals surface area contributed by atoms with Crippen LogP contribution >= 0.6 is 22.9 Å². The predicted molar refractivity (Wildman–Crippen MR) is 131 cm³/mol. The molecule has 4 heterocycles. The Balaban J connectivity index is 1.32.